The Hall–Kier alpha value is -1.37. The molecule has 1 aromatic heterocycles. The Kier molecular flexibility index (Phi) is 5.99. The van der Waals surface area contributed by atoms with Crippen LogP contribution in [-0.4, -0.2) is 46.3 Å². The molecular formula is C20H29ClFN3O2. The van der Waals surface area contributed by atoms with Gasteiger partial charge in [-0.15, -0.1) is 12.4 Å². The van der Waals surface area contributed by atoms with Gasteiger partial charge >= 0.3 is 5.69 Å². The maximum absolute atomic E-state index is 13.7. The second-order valence-electron chi connectivity index (χ2n) is 8.11. The monoisotopic (exact) mass is 397 g/mol. The fourth-order valence-electron chi connectivity index (χ4n) is 4.89. The van der Waals surface area contributed by atoms with Gasteiger partial charge in [0.2, 0.25) is 0 Å². The van der Waals surface area contributed by atoms with E-state index in [-0.39, 0.29) is 35.5 Å². The number of methoxy groups -OCH3 is 1. The molecule has 1 N–H and O–H groups in total. The van der Waals surface area contributed by atoms with Crippen molar-refractivity contribution in [1.29, 1.82) is 0 Å². The number of rotatable bonds is 3. The molecule has 0 amide bonds. The van der Waals surface area contributed by atoms with Crippen molar-refractivity contribution >= 4 is 23.4 Å². The van der Waals surface area contributed by atoms with E-state index in [2.05, 4.69) is 16.8 Å². The molecule has 0 unspecified atom stereocenters. The Balaban J connectivity index is 0.00000210. The Morgan fingerprint density at radius 3 is 2.48 bits per heavy atom. The maximum atomic E-state index is 13.7. The van der Waals surface area contributed by atoms with Crippen LogP contribution in [-0.2, 0) is 4.74 Å². The number of fused-ring (bicyclic) bond motifs is 1. The maximum Gasteiger partial charge on any atom is 0.326 e. The van der Waals surface area contributed by atoms with Crippen molar-refractivity contribution in [2.24, 2.45) is 0 Å². The van der Waals surface area contributed by atoms with Crippen molar-refractivity contribution in [3.8, 4) is 0 Å². The van der Waals surface area contributed by atoms with E-state index in [1.54, 1.807) is 17.7 Å². The number of aromatic nitrogens is 2. The van der Waals surface area contributed by atoms with Crippen LogP contribution in [0.1, 0.15) is 51.5 Å². The van der Waals surface area contributed by atoms with E-state index in [0.717, 1.165) is 51.6 Å². The molecule has 7 heteroatoms. The summed E-state index contributed by atoms with van der Waals surface area (Å²) in [6.45, 7) is 4.33. The predicted octanol–water partition coefficient (Wildman–Crippen LogP) is 3.88. The first-order valence-electron chi connectivity index (χ1n) is 9.68. The molecule has 1 aliphatic heterocycles. The Morgan fingerprint density at radius 2 is 1.85 bits per heavy atom. The third-order valence-corrected chi connectivity index (χ3v) is 6.62. The fraction of sp³-hybridized carbons (Fsp3) is 0.650. The molecule has 2 fully saturated rings. The Morgan fingerprint density at radius 1 is 1.19 bits per heavy atom. The highest BCUT2D eigenvalue weighted by Crippen LogP contribution is 2.37. The summed E-state index contributed by atoms with van der Waals surface area (Å²) in [6, 6.07) is 4.63. The number of H-pyrrole nitrogens is 1. The third kappa shape index (κ3) is 3.80. The summed E-state index contributed by atoms with van der Waals surface area (Å²) < 4.78 is 20.9. The summed E-state index contributed by atoms with van der Waals surface area (Å²) in [5.74, 6) is -0.301. The molecular weight excluding hydrogens is 369 g/mol. The lowest BCUT2D eigenvalue weighted by Gasteiger charge is -2.48. The van der Waals surface area contributed by atoms with E-state index in [9.17, 15) is 9.18 Å². The molecule has 2 aromatic rings. The number of aromatic amines is 1. The number of halogens is 2. The summed E-state index contributed by atoms with van der Waals surface area (Å²) in [4.78, 5) is 17.9. The van der Waals surface area contributed by atoms with Crippen molar-refractivity contribution in [2.45, 2.75) is 63.1 Å². The van der Waals surface area contributed by atoms with Gasteiger partial charge in [-0.25, -0.2) is 9.18 Å². The van der Waals surface area contributed by atoms with Gasteiger partial charge in [-0.3, -0.25) is 9.47 Å². The van der Waals surface area contributed by atoms with Gasteiger partial charge in [0.15, 0.2) is 0 Å². The average Bonchev–Trinajstić information content (AvgIpc) is 2.97. The zero-order valence-corrected chi connectivity index (χ0v) is 16.9. The molecule has 2 aliphatic rings. The number of nitrogens with one attached hydrogen (secondary N) is 1. The van der Waals surface area contributed by atoms with Crippen molar-refractivity contribution in [3.63, 3.8) is 0 Å². The van der Waals surface area contributed by atoms with E-state index < -0.39 is 0 Å². The molecule has 0 spiro atoms. The minimum absolute atomic E-state index is 0. The van der Waals surface area contributed by atoms with Gasteiger partial charge in [-0.1, -0.05) is 0 Å². The molecule has 0 radical (unpaired) electrons. The van der Waals surface area contributed by atoms with Crippen molar-refractivity contribution in [3.05, 3.63) is 34.5 Å². The molecule has 4 rings (SSSR count). The van der Waals surface area contributed by atoms with E-state index in [1.165, 1.54) is 12.1 Å². The molecule has 1 saturated carbocycles. The zero-order valence-electron chi connectivity index (χ0n) is 16.0. The summed E-state index contributed by atoms with van der Waals surface area (Å²) in [6.07, 6.45) is 6.81. The first kappa shape index (κ1) is 20.4. The van der Waals surface area contributed by atoms with Crippen molar-refractivity contribution in [1.82, 2.24) is 14.5 Å². The van der Waals surface area contributed by atoms with Crippen LogP contribution in [0.15, 0.2) is 23.0 Å². The lowest BCUT2D eigenvalue weighted by atomic mass is 9.79. The highest BCUT2D eigenvalue weighted by atomic mass is 35.5. The van der Waals surface area contributed by atoms with Crippen molar-refractivity contribution < 1.29 is 9.13 Å². The van der Waals surface area contributed by atoms with Crippen LogP contribution in [0.4, 0.5) is 4.39 Å². The first-order valence-corrected chi connectivity index (χ1v) is 9.68. The number of hydrogen-bond acceptors (Lipinski definition) is 3. The second kappa shape index (κ2) is 7.94. The van der Waals surface area contributed by atoms with Gasteiger partial charge in [-0.05, 0) is 63.6 Å². The summed E-state index contributed by atoms with van der Waals surface area (Å²) in [5.41, 5.74) is 1.50. The van der Waals surface area contributed by atoms with E-state index in [1.807, 2.05) is 0 Å². The van der Waals surface area contributed by atoms with Crippen LogP contribution >= 0.6 is 12.4 Å². The van der Waals surface area contributed by atoms with Crippen LogP contribution in [0.25, 0.3) is 11.0 Å². The molecule has 2 heterocycles. The summed E-state index contributed by atoms with van der Waals surface area (Å²) >= 11 is 0. The van der Waals surface area contributed by atoms with Crippen LogP contribution in [0, 0.1) is 5.82 Å². The third-order valence-electron chi connectivity index (χ3n) is 6.62. The van der Waals surface area contributed by atoms with Gasteiger partial charge in [0, 0.05) is 31.8 Å². The normalized spacial score (nSPS) is 27.6. The number of ether oxygens (including phenoxy) is 1. The van der Waals surface area contributed by atoms with Crippen LogP contribution in [0.3, 0.4) is 0 Å². The highest BCUT2D eigenvalue weighted by Gasteiger charge is 2.38. The number of imidazole rings is 1. The number of likely N-dealkylation sites (tertiary alicyclic amines) is 1. The van der Waals surface area contributed by atoms with E-state index in [0.29, 0.717) is 17.1 Å². The van der Waals surface area contributed by atoms with Crippen molar-refractivity contribution in [2.75, 3.05) is 20.2 Å². The van der Waals surface area contributed by atoms with Crippen LogP contribution in [0.5, 0.6) is 0 Å². The number of hydrogen-bond donors (Lipinski definition) is 1. The first-order chi connectivity index (χ1) is 12.5. The fourth-order valence-corrected chi connectivity index (χ4v) is 4.89. The van der Waals surface area contributed by atoms with Gasteiger partial charge in [-0.2, -0.15) is 0 Å². The van der Waals surface area contributed by atoms with Crippen LogP contribution in [0.2, 0.25) is 0 Å². The Bertz CT molecular complexity index is 833. The standard InChI is InChI=1S/C20H28FN3O2.ClH/c1-20(9-5-16(26-2)6-10-20)23-11-7-15(8-12-23)24-18-13-14(21)3-4-17(18)22-19(24)25;/h3-4,13,15-16H,5-12H2,1-2H3,(H,22,25);1H/t16-,20-;. The lowest BCUT2D eigenvalue weighted by Crippen LogP contribution is -2.52. The minimum atomic E-state index is -0.301. The quantitative estimate of drug-likeness (QED) is 0.855. The second-order valence-corrected chi connectivity index (χ2v) is 8.11. The summed E-state index contributed by atoms with van der Waals surface area (Å²) in [7, 11) is 1.81. The molecule has 1 saturated heterocycles. The lowest BCUT2D eigenvalue weighted by molar-refractivity contribution is -0.0146. The molecule has 27 heavy (non-hydrogen) atoms. The number of nitrogens with zero attached hydrogens (tertiary/aromatic N) is 2. The minimum Gasteiger partial charge on any atom is -0.381 e. The predicted molar refractivity (Wildman–Crippen MR) is 107 cm³/mol. The average molecular weight is 398 g/mol. The topological polar surface area (TPSA) is 50.3 Å². The largest absolute Gasteiger partial charge is 0.381 e. The summed E-state index contributed by atoms with van der Waals surface area (Å²) in [5, 5.41) is 0. The molecule has 1 aromatic carbocycles. The number of benzene rings is 1. The Labute approximate surface area is 165 Å². The SMILES string of the molecule is CO[C@H]1CC[C@](C)(N2CCC(n3c(=O)[nH]c4ccc(F)cc43)CC2)CC1.Cl. The number of piperidine rings is 1. The van der Waals surface area contributed by atoms with E-state index in [4.69, 9.17) is 4.74 Å². The zero-order chi connectivity index (χ0) is 18.3. The van der Waals surface area contributed by atoms with E-state index >= 15 is 0 Å². The highest BCUT2D eigenvalue weighted by molar-refractivity contribution is 5.85. The molecule has 150 valence electrons. The van der Waals surface area contributed by atoms with Gasteiger partial charge in [0.05, 0.1) is 17.1 Å². The smallest absolute Gasteiger partial charge is 0.326 e. The molecule has 0 atom stereocenters. The van der Waals surface area contributed by atoms with Gasteiger partial charge in [0.25, 0.3) is 0 Å². The molecule has 0 bridgehead atoms. The van der Waals surface area contributed by atoms with Gasteiger partial charge < -0.3 is 9.72 Å². The molecule has 1 aliphatic carbocycles. The van der Waals surface area contributed by atoms with Crippen LogP contribution < -0.4 is 5.69 Å². The molecule has 5 nitrogen and oxygen atoms in total. The van der Waals surface area contributed by atoms with Gasteiger partial charge in [0.1, 0.15) is 5.82 Å².